The molecule has 1 aliphatic carbocycles. The fourth-order valence-electron chi connectivity index (χ4n) is 2.51. The van der Waals surface area contributed by atoms with Crippen LogP contribution in [-0.2, 0) is 0 Å². The van der Waals surface area contributed by atoms with Crippen molar-refractivity contribution in [3.8, 4) is 0 Å². The zero-order valence-electron chi connectivity index (χ0n) is 9.26. The lowest BCUT2D eigenvalue weighted by molar-refractivity contribution is 0.656. The fourth-order valence-corrected chi connectivity index (χ4v) is 2.51. The van der Waals surface area contributed by atoms with Gasteiger partial charge in [-0.1, -0.05) is 36.4 Å². The van der Waals surface area contributed by atoms with Gasteiger partial charge in [0.25, 0.3) is 0 Å². The first-order valence-electron chi connectivity index (χ1n) is 5.94. The van der Waals surface area contributed by atoms with E-state index >= 15 is 0 Å². The SMILES string of the molecule is C1=C[C@@H](c2cncc3ccccc23)CCC1. The molecule has 1 heterocycles. The number of nitrogens with zero attached hydrogens (tertiary/aromatic N) is 1. The number of hydrogen-bond donors (Lipinski definition) is 0. The van der Waals surface area contributed by atoms with E-state index in [4.69, 9.17) is 0 Å². The number of allylic oxidation sites excluding steroid dienone is 2. The van der Waals surface area contributed by atoms with Gasteiger partial charge in [0, 0.05) is 23.7 Å². The van der Waals surface area contributed by atoms with Gasteiger partial charge in [0.2, 0.25) is 0 Å². The summed E-state index contributed by atoms with van der Waals surface area (Å²) in [4.78, 5) is 4.35. The first-order valence-corrected chi connectivity index (χ1v) is 5.94. The maximum absolute atomic E-state index is 4.35. The molecule has 0 spiro atoms. The van der Waals surface area contributed by atoms with Crippen molar-refractivity contribution in [2.75, 3.05) is 0 Å². The maximum atomic E-state index is 4.35. The lowest BCUT2D eigenvalue weighted by Gasteiger charge is -2.18. The average molecular weight is 209 g/mol. The topological polar surface area (TPSA) is 12.9 Å². The molecule has 1 aromatic carbocycles. The Morgan fingerprint density at radius 1 is 1.12 bits per heavy atom. The molecule has 0 saturated heterocycles. The third-order valence-electron chi connectivity index (χ3n) is 3.35. The van der Waals surface area contributed by atoms with Gasteiger partial charge in [-0.15, -0.1) is 0 Å². The largest absolute Gasteiger partial charge is 0.264 e. The minimum absolute atomic E-state index is 0.562. The zero-order chi connectivity index (χ0) is 10.8. The summed E-state index contributed by atoms with van der Waals surface area (Å²) in [6.07, 6.45) is 12.4. The Kier molecular flexibility index (Phi) is 2.45. The van der Waals surface area contributed by atoms with Crippen LogP contribution in [-0.4, -0.2) is 4.98 Å². The first kappa shape index (κ1) is 9.59. The smallest absolute Gasteiger partial charge is 0.0346 e. The lowest BCUT2D eigenvalue weighted by Crippen LogP contribution is -2.00. The third-order valence-corrected chi connectivity index (χ3v) is 3.35. The van der Waals surface area contributed by atoms with E-state index < -0.39 is 0 Å². The number of rotatable bonds is 1. The molecule has 0 aliphatic heterocycles. The Bertz CT molecular complexity index is 522. The summed E-state index contributed by atoms with van der Waals surface area (Å²) in [6, 6.07) is 8.52. The predicted molar refractivity (Wildman–Crippen MR) is 67.5 cm³/mol. The average Bonchev–Trinajstić information content (AvgIpc) is 2.39. The van der Waals surface area contributed by atoms with Crippen LogP contribution in [0, 0.1) is 0 Å². The second kappa shape index (κ2) is 4.09. The van der Waals surface area contributed by atoms with Crippen LogP contribution in [0.2, 0.25) is 0 Å². The van der Waals surface area contributed by atoms with Gasteiger partial charge in [-0.2, -0.15) is 0 Å². The molecule has 16 heavy (non-hydrogen) atoms. The van der Waals surface area contributed by atoms with E-state index in [1.807, 2.05) is 12.4 Å². The van der Waals surface area contributed by atoms with Crippen LogP contribution in [0.3, 0.4) is 0 Å². The molecule has 1 aliphatic rings. The molecule has 2 aromatic rings. The van der Waals surface area contributed by atoms with Crippen molar-refractivity contribution in [3.05, 3.63) is 54.4 Å². The van der Waals surface area contributed by atoms with E-state index in [-0.39, 0.29) is 0 Å². The Hall–Kier alpha value is -1.63. The molecule has 1 nitrogen and oxygen atoms in total. The quantitative estimate of drug-likeness (QED) is 0.645. The summed E-state index contributed by atoms with van der Waals surface area (Å²) in [5.41, 5.74) is 1.38. The Morgan fingerprint density at radius 2 is 2.06 bits per heavy atom. The first-order chi connectivity index (χ1) is 7.95. The van der Waals surface area contributed by atoms with Crippen molar-refractivity contribution in [3.63, 3.8) is 0 Å². The second-order valence-corrected chi connectivity index (χ2v) is 4.42. The molecule has 1 aromatic heterocycles. The molecule has 0 fully saturated rings. The van der Waals surface area contributed by atoms with E-state index in [0.717, 1.165) is 0 Å². The van der Waals surface area contributed by atoms with Gasteiger partial charge in [0.15, 0.2) is 0 Å². The standard InChI is InChI=1S/C15H15N/c1-2-6-12(7-3-1)15-11-16-10-13-8-4-5-9-14(13)15/h2,4-6,8-12H,1,3,7H2/t12-/m1/s1. The van der Waals surface area contributed by atoms with Crippen molar-refractivity contribution in [1.82, 2.24) is 4.98 Å². The monoisotopic (exact) mass is 209 g/mol. The van der Waals surface area contributed by atoms with E-state index in [2.05, 4.69) is 41.4 Å². The zero-order valence-corrected chi connectivity index (χ0v) is 9.26. The van der Waals surface area contributed by atoms with Gasteiger partial charge < -0.3 is 0 Å². The van der Waals surface area contributed by atoms with Crippen molar-refractivity contribution >= 4 is 10.8 Å². The van der Waals surface area contributed by atoms with Crippen LogP contribution in [0.5, 0.6) is 0 Å². The number of benzene rings is 1. The van der Waals surface area contributed by atoms with Gasteiger partial charge in [0.05, 0.1) is 0 Å². The minimum Gasteiger partial charge on any atom is -0.264 e. The van der Waals surface area contributed by atoms with Crippen molar-refractivity contribution in [2.24, 2.45) is 0 Å². The van der Waals surface area contributed by atoms with E-state index in [1.54, 1.807) is 0 Å². The second-order valence-electron chi connectivity index (χ2n) is 4.42. The molecule has 80 valence electrons. The summed E-state index contributed by atoms with van der Waals surface area (Å²) < 4.78 is 0. The number of hydrogen-bond acceptors (Lipinski definition) is 1. The molecule has 0 saturated carbocycles. The maximum Gasteiger partial charge on any atom is 0.0346 e. The van der Waals surface area contributed by atoms with Crippen LogP contribution in [0.1, 0.15) is 30.7 Å². The highest BCUT2D eigenvalue weighted by Crippen LogP contribution is 2.31. The molecular weight excluding hydrogens is 194 g/mol. The highest BCUT2D eigenvalue weighted by molar-refractivity contribution is 5.85. The number of pyridine rings is 1. The van der Waals surface area contributed by atoms with E-state index in [1.165, 1.54) is 35.6 Å². The van der Waals surface area contributed by atoms with Crippen LogP contribution < -0.4 is 0 Å². The number of aromatic nitrogens is 1. The Labute approximate surface area is 95.8 Å². The van der Waals surface area contributed by atoms with Gasteiger partial charge >= 0.3 is 0 Å². The summed E-state index contributed by atoms with van der Waals surface area (Å²) >= 11 is 0. The summed E-state index contributed by atoms with van der Waals surface area (Å²) in [6.45, 7) is 0. The van der Waals surface area contributed by atoms with Gasteiger partial charge in [-0.25, -0.2) is 0 Å². The van der Waals surface area contributed by atoms with Gasteiger partial charge in [-0.05, 0) is 30.2 Å². The molecule has 0 bridgehead atoms. The molecule has 3 rings (SSSR count). The normalized spacial score (nSPS) is 20.1. The highest BCUT2D eigenvalue weighted by Gasteiger charge is 2.13. The molecule has 0 N–H and O–H groups in total. The molecule has 0 unspecified atom stereocenters. The van der Waals surface area contributed by atoms with Gasteiger partial charge in [-0.3, -0.25) is 4.98 Å². The van der Waals surface area contributed by atoms with Crippen LogP contribution in [0.15, 0.2) is 48.8 Å². The van der Waals surface area contributed by atoms with Crippen LogP contribution in [0.25, 0.3) is 10.8 Å². The van der Waals surface area contributed by atoms with Crippen molar-refractivity contribution < 1.29 is 0 Å². The van der Waals surface area contributed by atoms with Crippen molar-refractivity contribution in [1.29, 1.82) is 0 Å². The summed E-state index contributed by atoms with van der Waals surface area (Å²) in [5, 5.41) is 2.60. The lowest BCUT2D eigenvalue weighted by atomic mass is 9.88. The summed E-state index contributed by atoms with van der Waals surface area (Å²) in [7, 11) is 0. The molecule has 1 heteroatoms. The minimum atomic E-state index is 0.562. The van der Waals surface area contributed by atoms with E-state index in [0.29, 0.717) is 5.92 Å². The Morgan fingerprint density at radius 3 is 2.94 bits per heavy atom. The summed E-state index contributed by atoms with van der Waals surface area (Å²) in [5.74, 6) is 0.562. The van der Waals surface area contributed by atoms with Crippen molar-refractivity contribution in [2.45, 2.75) is 25.2 Å². The Balaban J connectivity index is 2.15. The van der Waals surface area contributed by atoms with Crippen LogP contribution in [0.4, 0.5) is 0 Å². The van der Waals surface area contributed by atoms with E-state index in [9.17, 15) is 0 Å². The molecule has 0 radical (unpaired) electrons. The predicted octanol–water partition coefficient (Wildman–Crippen LogP) is 4.06. The van der Waals surface area contributed by atoms with Crippen LogP contribution >= 0.6 is 0 Å². The number of fused-ring (bicyclic) bond motifs is 1. The van der Waals surface area contributed by atoms with Gasteiger partial charge in [0.1, 0.15) is 0 Å². The third kappa shape index (κ3) is 1.63. The fraction of sp³-hybridized carbons (Fsp3) is 0.267. The highest BCUT2D eigenvalue weighted by atomic mass is 14.6. The molecule has 0 amide bonds. The molecule has 1 atom stereocenters. The molecular formula is C15H15N.